The Kier molecular flexibility index (Phi) is 19.0. The first-order valence-corrected chi connectivity index (χ1v) is 23.3. The van der Waals surface area contributed by atoms with E-state index in [0.29, 0.717) is 0 Å². The molecule has 0 bridgehead atoms. The van der Waals surface area contributed by atoms with Gasteiger partial charge in [0.1, 0.15) is 13.8 Å². The molecule has 0 radical (unpaired) electrons. The maximum Gasteiger partial charge on any atom is 0.398 e. The average molecular weight is 925 g/mol. The van der Waals surface area contributed by atoms with Crippen molar-refractivity contribution in [3.63, 3.8) is 0 Å². The molecule has 0 atom stereocenters. The zero-order valence-corrected chi connectivity index (χ0v) is 38.2. The largest absolute Gasteiger partial charge is 0.497 e. The SMILES string of the molecule is C.CC#CC#CC#CI.CC[Si](CC)(CC)c1cc2ccccc2n1C.COc1ccc(-c2cc3ccccc3n2C)cc1.Cn1c(B(Cl)Cl)cc2ccccc21. The summed E-state index contributed by atoms with van der Waals surface area (Å²) in [5.74, 6) is 13.7. The number of para-hydroxylation sites is 3. The van der Waals surface area contributed by atoms with Gasteiger partial charge in [0.05, 0.1) is 7.11 Å². The molecule has 0 fully saturated rings. The standard InChI is InChI=1S/C16H15NO.C15H23NSi.C9H8BCl2N.C7H3I.CH4/c1-17-15-6-4-3-5-13(15)11-16(17)12-7-9-14(18-2)10-8-12;1-5-17(6-2,7-3)15-12-13-10-8-9-11-14(13)16(15)4;1-13-8-5-3-2-4-7(8)6-9(13)10(11)12;1-2-3-4-5-6-7-8;/h3-11H,1-2H3;8-12H,5-7H2,1-4H3;2-6H,1H3;1H3;1H4. The fourth-order valence-electron chi connectivity index (χ4n) is 7.09. The number of halogens is 3. The van der Waals surface area contributed by atoms with Gasteiger partial charge < -0.3 is 18.4 Å². The second-order valence-corrected chi connectivity index (χ2v) is 20.0. The van der Waals surface area contributed by atoms with E-state index in [0.717, 1.165) is 16.9 Å². The van der Waals surface area contributed by atoms with E-state index in [9.17, 15) is 0 Å². The molecule has 0 N–H and O–H groups in total. The van der Waals surface area contributed by atoms with Crippen LogP contribution in [0.4, 0.5) is 0 Å². The van der Waals surface area contributed by atoms with Gasteiger partial charge in [-0.05, 0) is 112 Å². The fourth-order valence-corrected chi connectivity index (χ4v) is 11.5. The van der Waals surface area contributed by atoms with Crippen LogP contribution < -0.4 is 15.6 Å². The summed E-state index contributed by atoms with van der Waals surface area (Å²) < 4.78 is 14.5. The van der Waals surface area contributed by atoms with Gasteiger partial charge in [0.25, 0.3) is 0 Å². The molecule has 7 rings (SSSR count). The van der Waals surface area contributed by atoms with Gasteiger partial charge in [-0.1, -0.05) is 107 Å². The van der Waals surface area contributed by atoms with Crippen molar-refractivity contribution in [1.29, 1.82) is 0 Å². The van der Waals surface area contributed by atoms with E-state index in [1.54, 1.807) is 19.4 Å². The molecule has 4 nitrogen and oxygen atoms in total. The summed E-state index contributed by atoms with van der Waals surface area (Å²) in [7, 11) is 6.73. The summed E-state index contributed by atoms with van der Waals surface area (Å²) >= 11 is 13.6. The average Bonchev–Trinajstić information content (AvgIpc) is 3.89. The Morgan fingerprint density at radius 1 is 0.632 bits per heavy atom. The Morgan fingerprint density at radius 3 is 1.54 bits per heavy atom. The lowest BCUT2D eigenvalue weighted by atomic mass is 10.0. The van der Waals surface area contributed by atoms with Gasteiger partial charge >= 0.3 is 5.54 Å². The van der Waals surface area contributed by atoms with E-state index < -0.39 is 13.6 Å². The van der Waals surface area contributed by atoms with Gasteiger partial charge in [0.2, 0.25) is 0 Å². The third kappa shape index (κ3) is 11.6. The fraction of sp³-hybridized carbons (Fsp3) is 0.250. The van der Waals surface area contributed by atoms with Crippen LogP contribution in [0.1, 0.15) is 35.1 Å². The van der Waals surface area contributed by atoms with Crippen LogP contribution in [0.3, 0.4) is 0 Å². The molecule has 0 saturated heterocycles. The molecule has 0 saturated carbocycles. The number of nitrogens with zero attached hydrogens (tertiary/aromatic N) is 3. The van der Waals surface area contributed by atoms with Crippen molar-refractivity contribution >= 4 is 103 Å². The highest BCUT2D eigenvalue weighted by Crippen LogP contribution is 2.28. The number of ether oxygens (including phenoxy) is 1. The van der Waals surface area contributed by atoms with Crippen LogP contribution >= 0.6 is 45.5 Å². The van der Waals surface area contributed by atoms with Crippen LogP contribution in [0, 0.1) is 33.5 Å². The molecular formula is C48H53BCl2IN3OSi. The molecule has 0 spiro atoms. The normalized spacial score (nSPS) is 10.0. The van der Waals surface area contributed by atoms with Crippen molar-refractivity contribution in [2.24, 2.45) is 21.1 Å². The van der Waals surface area contributed by atoms with Crippen LogP contribution in [0.2, 0.25) is 18.1 Å². The Bertz CT molecular complexity index is 2520. The summed E-state index contributed by atoms with van der Waals surface area (Å²) in [6.07, 6.45) is 0. The van der Waals surface area contributed by atoms with E-state index in [4.69, 9.17) is 27.7 Å². The van der Waals surface area contributed by atoms with Gasteiger partial charge in [-0.15, -0.1) is 0 Å². The summed E-state index contributed by atoms with van der Waals surface area (Å²) in [5, 5.41) is 5.47. The molecule has 0 aliphatic heterocycles. The van der Waals surface area contributed by atoms with E-state index in [2.05, 4.69) is 162 Å². The minimum atomic E-state index is -1.26. The number of aryl methyl sites for hydroxylation is 3. The lowest BCUT2D eigenvalue weighted by Gasteiger charge is -2.28. The number of rotatable bonds is 7. The first-order valence-electron chi connectivity index (χ1n) is 18.7. The van der Waals surface area contributed by atoms with E-state index in [1.165, 1.54) is 56.6 Å². The second kappa shape index (κ2) is 23.1. The molecule has 3 heterocycles. The summed E-state index contributed by atoms with van der Waals surface area (Å²) in [6.45, 7) is 8.86. The number of hydrogen-bond acceptors (Lipinski definition) is 1. The Balaban J connectivity index is 0.000000210. The van der Waals surface area contributed by atoms with Crippen molar-refractivity contribution in [2.45, 2.75) is 53.3 Å². The minimum absolute atomic E-state index is 0. The van der Waals surface area contributed by atoms with Crippen molar-refractivity contribution in [1.82, 2.24) is 13.7 Å². The van der Waals surface area contributed by atoms with Crippen molar-refractivity contribution < 1.29 is 4.74 Å². The lowest BCUT2D eigenvalue weighted by molar-refractivity contribution is 0.415. The van der Waals surface area contributed by atoms with Gasteiger partial charge in [-0.3, -0.25) is 0 Å². The molecule has 4 aromatic carbocycles. The molecule has 0 unspecified atom stereocenters. The molecule has 3 aromatic heterocycles. The van der Waals surface area contributed by atoms with Crippen molar-refractivity contribution in [3.05, 3.63) is 115 Å². The lowest BCUT2D eigenvalue weighted by Crippen LogP contribution is -2.48. The molecule has 294 valence electrons. The van der Waals surface area contributed by atoms with E-state index in [1.807, 2.05) is 64.5 Å². The van der Waals surface area contributed by atoms with Crippen LogP contribution in [0.25, 0.3) is 44.0 Å². The monoisotopic (exact) mass is 923 g/mol. The maximum absolute atomic E-state index is 5.82. The zero-order valence-electron chi connectivity index (χ0n) is 33.6. The van der Waals surface area contributed by atoms with E-state index in [-0.39, 0.29) is 7.43 Å². The molecular weight excluding hydrogens is 871 g/mol. The van der Waals surface area contributed by atoms with Crippen LogP contribution in [-0.2, 0) is 21.1 Å². The first kappa shape index (κ1) is 47.0. The quantitative estimate of drug-likeness (QED) is 0.0888. The number of aromatic nitrogens is 3. The zero-order chi connectivity index (χ0) is 40.7. The smallest absolute Gasteiger partial charge is 0.398 e. The third-order valence-corrected chi connectivity index (χ3v) is 16.8. The van der Waals surface area contributed by atoms with Crippen molar-refractivity contribution in [2.75, 3.05) is 7.11 Å². The summed E-state index contributed by atoms with van der Waals surface area (Å²) in [5.41, 5.74) is 6.69. The Labute approximate surface area is 366 Å². The molecule has 0 aliphatic carbocycles. The van der Waals surface area contributed by atoms with E-state index >= 15 is 0 Å². The Hall–Kier alpha value is -4.43. The highest BCUT2D eigenvalue weighted by molar-refractivity contribution is 14.1. The highest BCUT2D eigenvalue weighted by Gasteiger charge is 2.32. The molecule has 0 aliphatic rings. The maximum atomic E-state index is 5.82. The number of benzene rings is 4. The molecule has 0 amide bonds. The van der Waals surface area contributed by atoms with Crippen LogP contribution in [0.5, 0.6) is 5.75 Å². The number of fused-ring (bicyclic) bond motifs is 3. The summed E-state index contributed by atoms with van der Waals surface area (Å²) in [4.78, 5) is 0. The molecule has 7 aromatic rings. The van der Waals surface area contributed by atoms with Crippen molar-refractivity contribution in [3.8, 4) is 50.5 Å². The van der Waals surface area contributed by atoms with Gasteiger partial charge in [0.15, 0.2) is 0 Å². The molecule has 9 heteroatoms. The number of hydrogen-bond donors (Lipinski definition) is 0. The second-order valence-electron chi connectivity index (χ2n) is 13.2. The number of methoxy groups -OCH3 is 1. The Morgan fingerprint density at radius 2 is 1.11 bits per heavy atom. The minimum Gasteiger partial charge on any atom is -0.497 e. The van der Waals surface area contributed by atoms with Crippen LogP contribution in [-0.4, -0.2) is 34.4 Å². The van der Waals surface area contributed by atoms with Crippen LogP contribution in [0.15, 0.2) is 115 Å². The third-order valence-electron chi connectivity index (χ3n) is 10.4. The predicted octanol–water partition coefficient (Wildman–Crippen LogP) is 12.1. The predicted molar refractivity (Wildman–Crippen MR) is 264 cm³/mol. The first-order chi connectivity index (χ1) is 27.1. The summed E-state index contributed by atoms with van der Waals surface area (Å²) in [6, 6.07) is 44.2. The topological polar surface area (TPSA) is 24.0 Å². The van der Waals surface area contributed by atoms with Gasteiger partial charge in [-0.2, -0.15) is 22.9 Å². The van der Waals surface area contributed by atoms with Gasteiger partial charge in [0, 0.05) is 82.3 Å². The molecule has 57 heavy (non-hydrogen) atoms. The highest BCUT2D eigenvalue weighted by atomic mass is 127. The van der Waals surface area contributed by atoms with Gasteiger partial charge in [-0.25, -0.2) is 0 Å².